The van der Waals surface area contributed by atoms with Crippen LogP contribution in [0, 0.1) is 5.92 Å². The van der Waals surface area contributed by atoms with Gasteiger partial charge in [-0.15, -0.1) is 0 Å². The molecule has 0 aliphatic rings. The van der Waals surface area contributed by atoms with E-state index in [1.54, 1.807) is 6.92 Å². The number of rotatable bonds is 10. The Balaban J connectivity index is 3.98. The predicted octanol–water partition coefficient (Wildman–Crippen LogP) is 2.62. The molecule has 0 aromatic heterocycles. The van der Waals surface area contributed by atoms with E-state index in [9.17, 15) is 8.42 Å². The van der Waals surface area contributed by atoms with Crippen molar-refractivity contribution in [1.29, 1.82) is 0 Å². The Morgan fingerprint density at radius 3 is 2.29 bits per heavy atom. The van der Waals surface area contributed by atoms with E-state index in [0.29, 0.717) is 17.7 Å². The number of sulfone groups is 1. The fourth-order valence-electron chi connectivity index (χ4n) is 1.91. The monoisotopic (exact) mass is 263 g/mol. The summed E-state index contributed by atoms with van der Waals surface area (Å²) >= 11 is 0. The highest BCUT2D eigenvalue weighted by molar-refractivity contribution is 7.91. The van der Waals surface area contributed by atoms with Crippen LogP contribution in [0.1, 0.15) is 53.4 Å². The van der Waals surface area contributed by atoms with Crippen molar-refractivity contribution >= 4 is 9.84 Å². The molecule has 0 heterocycles. The number of hydrogen-bond donors (Lipinski definition) is 1. The van der Waals surface area contributed by atoms with E-state index in [4.69, 9.17) is 0 Å². The summed E-state index contributed by atoms with van der Waals surface area (Å²) in [7, 11) is -2.79. The van der Waals surface area contributed by atoms with Crippen molar-refractivity contribution in [3.05, 3.63) is 0 Å². The van der Waals surface area contributed by atoms with Gasteiger partial charge in [-0.05, 0) is 38.1 Å². The Kier molecular flexibility index (Phi) is 8.88. The van der Waals surface area contributed by atoms with Gasteiger partial charge in [-0.3, -0.25) is 0 Å². The Bertz CT molecular complexity index is 273. The first-order valence-electron chi connectivity index (χ1n) is 6.85. The highest BCUT2D eigenvalue weighted by atomic mass is 32.2. The SMILES string of the molecule is CCCNC(CCCS(=O)(=O)CC)CC(C)C. The first-order chi connectivity index (χ1) is 7.91. The van der Waals surface area contributed by atoms with Gasteiger partial charge in [0.25, 0.3) is 0 Å². The largest absolute Gasteiger partial charge is 0.314 e. The highest BCUT2D eigenvalue weighted by Crippen LogP contribution is 2.11. The van der Waals surface area contributed by atoms with Gasteiger partial charge in [0.1, 0.15) is 9.84 Å². The summed E-state index contributed by atoms with van der Waals surface area (Å²) in [5.41, 5.74) is 0. The molecule has 104 valence electrons. The van der Waals surface area contributed by atoms with Gasteiger partial charge in [0.05, 0.1) is 5.75 Å². The van der Waals surface area contributed by atoms with Crippen molar-refractivity contribution in [3.8, 4) is 0 Å². The molecule has 17 heavy (non-hydrogen) atoms. The smallest absolute Gasteiger partial charge is 0.150 e. The molecule has 0 saturated heterocycles. The third kappa shape index (κ3) is 9.60. The molecular weight excluding hydrogens is 234 g/mol. The fourth-order valence-corrected chi connectivity index (χ4v) is 2.81. The molecule has 0 aliphatic carbocycles. The maximum absolute atomic E-state index is 11.4. The van der Waals surface area contributed by atoms with Crippen molar-refractivity contribution < 1.29 is 8.42 Å². The molecule has 0 saturated carbocycles. The summed E-state index contributed by atoms with van der Waals surface area (Å²) in [6.07, 6.45) is 4.01. The van der Waals surface area contributed by atoms with Gasteiger partial charge in [-0.2, -0.15) is 0 Å². The summed E-state index contributed by atoms with van der Waals surface area (Å²) in [6, 6.07) is 0.474. The topological polar surface area (TPSA) is 46.2 Å². The van der Waals surface area contributed by atoms with Crippen molar-refractivity contribution in [2.24, 2.45) is 5.92 Å². The molecule has 0 radical (unpaired) electrons. The van der Waals surface area contributed by atoms with Crippen LogP contribution in [0.2, 0.25) is 0 Å². The Hall–Kier alpha value is -0.0900. The van der Waals surface area contributed by atoms with E-state index in [1.807, 2.05) is 0 Å². The van der Waals surface area contributed by atoms with Crippen LogP contribution in [-0.2, 0) is 9.84 Å². The highest BCUT2D eigenvalue weighted by Gasteiger charge is 2.12. The second-order valence-electron chi connectivity index (χ2n) is 5.16. The van der Waals surface area contributed by atoms with Gasteiger partial charge < -0.3 is 5.32 Å². The van der Waals surface area contributed by atoms with Crippen molar-refractivity contribution in [1.82, 2.24) is 5.32 Å². The maximum Gasteiger partial charge on any atom is 0.150 e. The van der Waals surface area contributed by atoms with Gasteiger partial charge in [0.2, 0.25) is 0 Å². The maximum atomic E-state index is 11.4. The molecule has 1 N–H and O–H groups in total. The molecular formula is C13H29NO2S. The summed E-state index contributed by atoms with van der Waals surface area (Å²) in [5, 5.41) is 3.51. The van der Waals surface area contributed by atoms with Gasteiger partial charge in [-0.1, -0.05) is 27.7 Å². The lowest BCUT2D eigenvalue weighted by molar-refractivity contribution is 0.396. The normalized spacial score (nSPS) is 14.2. The van der Waals surface area contributed by atoms with Gasteiger partial charge in [0, 0.05) is 11.8 Å². The molecule has 0 rings (SSSR count). The zero-order chi connectivity index (χ0) is 13.3. The summed E-state index contributed by atoms with van der Waals surface area (Å²) in [4.78, 5) is 0. The molecule has 0 aromatic carbocycles. The van der Waals surface area contributed by atoms with Crippen molar-refractivity contribution in [3.63, 3.8) is 0 Å². The number of nitrogens with one attached hydrogen (secondary N) is 1. The molecule has 0 aromatic rings. The molecule has 0 bridgehead atoms. The molecule has 0 aliphatic heterocycles. The van der Waals surface area contributed by atoms with E-state index in [0.717, 1.165) is 32.2 Å². The molecule has 1 unspecified atom stereocenters. The average Bonchev–Trinajstić information content (AvgIpc) is 2.24. The zero-order valence-electron chi connectivity index (χ0n) is 11.8. The molecule has 0 fully saturated rings. The van der Waals surface area contributed by atoms with E-state index in [1.165, 1.54) is 0 Å². The van der Waals surface area contributed by atoms with Crippen LogP contribution in [0.25, 0.3) is 0 Å². The van der Waals surface area contributed by atoms with Crippen LogP contribution in [0.5, 0.6) is 0 Å². The van der Waals surface area contributed by atoms with Crippen LogP contribution < -0.4 is 5.32 Å². The molecule has 4 heteroatoms. The van der Waals surface area contributed by atoms with Crippen LogP contribution >= 0.6 is 0 Å². The lowest BCUT2D eigenvalue weighted by Gasteiger charge is -2.20. The van der Waals surface area contributed by atoms with Crippen molar-refractivity contribution in [2.75, 3.05) is 18.1 Å². The summed E-state index contributed by atoms with van der Waals surface area (Å²) < 4.78 is 22.8. The Morgan fingerprint density at radius 1 is 1.18 bits per heavy atom. The van der Waals surface area contributed by atoms with E-state index >= 15 is 0 Å². The minimum absolute atomic E-state index is 0.268. The number of hydrogen-bond acceptors (Lipinski definition) is 3. The Morgan fingerprint density at radius 2 is 1.82 bits per heavy atom. The van der Waals surface area contributed by atoms with Crippen LogP contribution in [0.4, 0.5) is 0 Å². The quantitative estimate of drug-likeness (QED) is 0.659. The fraction of sp³-hybridized carbons (Fsp3) is 1.00. The Labute approximate surface area is 107 Å². The summed E-state index contributed by atoms with van der Waals surface area (Å²) in [6.45, 7) is 9.32. The molecule has 0 spiro atoms. The first-order valence-corrected chi connectivity index (χ1v) is 8.67. The first kappa shape index (κ1) is 16.9. The van der Waals surface area contributed by atoms with Gasteiger partial charge in [0.15, 0.2) is 0 Å². The van der Waals surface area contributed by atoms with Crippen LogP contribution in [-0.4, -0.2) is 32.5 Å². The zero-order valence-corrected chi connectivity index (χ0v) is 12.6. The standard InChI is InChI=1S/C13H29NO2S/c1-5-9-14-13(11-12(3)4)8-7-10-17(15,16)6-2/h12-14H,5-11H2,1-4H3. The van der Waals surface area contributed by atoms with Gasteiger partial charge >= 0.3 is 0 Å². The third-order valence-electron chi connectivity index (χ3n) is 2.89. The van der Waals surface area contributed by atoms with E-state index < -0.39 is 9.84 Å². The summed E-state index contributed by atoms with van der Waals surface area (Å²) in [5.74, 6) is 1.27. The van der Waals surface area contributed by atoms with E-state index in [2.05, 4.69) is 26.1 Å². The second kappa shape index (κ2) is 8.92. The minimum Gasteiger partial charge on any atom is -0.314 e. The molecule has 0 amide bonds. The van der Waals surface area contributed by atoms with Gasteiger partial charge in [-0.25, -0.2) is 8.42 Å². The van der Waals surface area contributed by atoms with E-state index in [-0.39, 0.29) is 5.75 Å². The third-order valence-corrected chi connectivity index (χ3v) is 4.68. The average molecular weight is 263 g/mol. The predicted molar refractivity (Wildman–Crippen MR) is 75.1 cm³/mol. The van der Waals surface area contributed by atoms with Crippen LogP contribution in [0.3, 0.4) is 0 Å². The van der Waals surface area contributed by atoms with Crippen LogP contribution in [0.15, 0.2) is 0 Å². The molecule has 1 atom stereocenters. The van der Waals surface area contributed by atoms with Crippen molar-refractivity contribution in [2.45, 2.75) is 59.4 Å². The minimum atomic E-state index is -2.79. The lowest BCUT2D eigenvalue weighted by atomic mass is 10.00. The molecule has 3 nitrogen and oxygen atoms in total. The second-order valence-corrected chi connectivity index (χ2v) is 7.63. The lowest BCUT2D eigenvalue weighted by Crippen LogP contribution is -2.31.